The molecule has 2 bridgehead atoms. The highest BCUT2D eigenvalue weighted by Crippen LogP contribution is 2.64. The first-order chi connectivity index (χ1) is 23.8. The van der Waals surface area contributed by atoms with Crippen molar-refractivity contribution < 1.29 is 43.2 Å². The SMILES string of the molecule is Cc1ccc2c3c1O[C@H]1C(OC(=O)[C@H](Cc4cn(C(=O)OC(C)(C)C)cn4)NC(=O)CCNC(=O)OC(C)(C)C)=CC[C@@]4(O)[C@@H](C2)N(C)CC[C@]314. The number of hydrogen-bond donors (Lipinski definition) is 3. The lowest BCUT2D eigenvalue weighted by Crippen LogP contribution is -2.74. The molecule has 0 radical (unpaired) electrons. The summed E-state index contributed by atoms with van der Waals surface area (Å²) in [5.41, 5.74) is -0.0124. The Morgan fingerprint density at radius 1 is 1.12 bits per heavy atom. The standard InChI is InChI=1S/C37H49N5O9/c1-21-9-10-22-17-26-37(47)13-11-25(30-36(37,14-16-41(26)8)28(22)29(21)49-30)48-31(44)24(40-27(43)12-15-38-32(45)50-34(2,3)4)18-23-19-42(20-39-23)33(46)51-35(5,6)7/h9-11,19-20,24,26,30,47H,12-18H2,1-8H3,(H,38,45)(H,40,43)/t24-,26+,30-,36-,37+/m0/s1. The lowest BCUT2D eigenvalue weighted by molar-refractivity contribution is -0.170. The van der Waals surface area contributed by atoms with Crippen LogP contribution in [0.25, 0.3) is 0 Å². The summed E-state index contributed by atoms with van der Waals surface area (Å²) in [7, 11) is 2.03. The molecule has 1 aromatic carbocycles. The van der Waals surface area contributed by atoms with Crippen LogP contribution in [0, 0.1) is 6.92 Å². The Morgan fingerprint density at radius 3 is 2.55 bits per heavy atom. The van der Waals surface area contributed by atoms with Crippen LogP contribution in [0.4, 0.5) is 9.59 Å². The number of aliphatic hydroxyl groups is 1. The number of likely N-dealkylation sites (tertiary alicyclic amines) is 1. The molecular weight excluding hydrogens is 658 g/mol. The first kappa shape index (κ1) is 36.4. The van der Waals surface area contributed by atoms with Gasteiger partial charge in [0.2, 0.25) is 5.91 Å². The number of esters is 1. The highest BCUT2D eigenvalue weighted by atomic mass is 16.6. The van der Waals surface area contributed by atoms with E-state index in [1.165, 1.54) is 17.1 Å². The van der Waals surface area contributed by atoms with Gasteiger partial charge in [-0.15, -0.1) is 0 Å². The molecule has 0 unspecified atom stereocenters. The number of piperidine rings is 1. The van der Waals surface area contributed by atoms with Crippen molar-refractivity contribution in [1.82, 2.24) is 25.1 Å². The maximum absolute atomic E-state index is 14.1. The van der Waals surface area contributed by atoms with Gasteiger partial charge in [0.15, 0.2) is 6.10 Å². The van der Waals surface area contributed by atoms with Crippen molar-refractivity contribution in [1.29, 1.82) is 0 Å². The fraction of sp³-hybridized carbons (Fsp3) is 0.595. The number of nitrogens with one attached hydrogen (secondary N) is 2. The van der Waals surface area contributed by atoms with Crippen LogP contribution in [0.15, 0.2) is 36.5 Å². The van der Waals surface area contributed by atoms with Gasteiger partial charge in [0.1, 0.15) is 35.1 Å². The minimum absolute atomic E-state index is 0.0342. The number of amides is 2. The third kappa shape index (κ3) is 6.83. The summed E-state index contributed by atoms with van der Waals surface area (Å²) >= 11 is 0. The number of alkyl carbamates (subject to hydrolysis) is 1. The van der Waals surface area contributed by atoms with E-state index in [2.05, 4.69) is 26.6 Å². The molecule has 2 aliphatic heterocycles. The summed E-state index contributed by atoms with van der Waals surface area (Å²) in [4.78, 5) is 58.5. The zero-order chi connectivity index (χ0) is 37.1. The molecule has 0 saturated carbocycles. The Kier molecular flexibility index (Phi) is 9.24. The minimum Gasteiger partial charge on any atom is -0.481 e. The number of ether oxygens (including phenoxy) is 4. The number of carbonyl (C=O) groups excluding carboxylic acids is 4. The average molecular weight is 708 g/mol. The van der Waals surface area contributed by atoms with Gasteiger partial charge in [0, 0.05) is 43.6 Å². The molecule has 1 aromatic heterocycles. The van der Waals surface area contributed by atoms with Gasteiger partial charge in [-0.1, -0.05) is 12.1 Å². The summed E-state index contributed by atoms with van der Waals surface area (Å²) in [6.45, 7) is 13.1. The second-order valence-electron chi connectivity index (χ2n) is 16.1. The van der Waals surface area contributed by atoms with Crippen LogP contribution in [0.2, 0.25) is 0 Å². The molecule has 1 fully saturated rings. The molecule has 276 valence electrons. The monoisotopic (exact) mass is 707 g/mol. The highest BCUT2D eigenvalue weighted by Gasteiger charge is 2.71. The van der Waals surface area contributed by atoms with E-state index >= 15 is 0 Å². The van der Waals surface area contributed by atoms with E-state index < -0.39 is 58.4 Å². The largest absolute Gasteiger partial charge is 0.481 e. The first-order valence-electron chi connectivity index (χ1n) is 17.5. The van der Waals surface area contributed by atoms with E-state index in [0.717, 1.165) is 29.0 Å². The molecule has 5 atom stereocenters. The summed E-state index contributed by atoms with van der Waals surface area (Å²) < 4.78 is 24.6. The first-order valence-corrected chi connectivity index (χ1v) is 17.5. The number of aromatic nitrogens is 2. The second kappa shape index (κ2) is 13.0. The van der Waals surface area contributed by atoms with Crippen LogP contribution in [-0.2, 0) is 42.1 Å². The number of hydrogen-bond acceptors (Lipinski definition) is 11. The molecule has 14 heteroatoms. The molecule has 2 amide bonds. The number of rotatable bonds is 8. The number of carbonyl (C=O) groups is 4. The molecule has 1 spiro atoms. The molecule has 6 rings (SSSR count). The van der Waals surface area contributed by atoms with Crippen molar-refractivity contribution in [2.45, 2.75) is 121 Å². The second-order valence-corrected chi connectivity index (χ2v) is 16.1. The Hall–Kier alpha value is -4.43. The van der Waals surface area contributed by atoms with E-state index in [1.807, 2.05) is 20.0 Å². The minimum atomic E-state index is -1.22. The third-order valence-corrected chi connectivity index (χ3v) is 10.1. The maximum Gasteiger partial charge on any atom is 0.419 e. The van der Waals surface area contributed by atoms with E-state index in [1.54, 1.807) is 47.6 Å². The summed E-state index contributed by atoms with van der Waals surface area (Å²) in [6, 6.07) is 2.76. The third-order valence-electron chi connectivity index (χ3n) is 10.1. The van der Waals surface area contributed by atoms with Crippen LogP contribution >= 0.6 is 0 Å². The topological polar surface area (TPSA) is 171 Å². The number of benzene rings is 1. The zero-order valence-corrected chi connectivity index (χ0v) is 30.6. The van der Waals surface area contributed by atoms with E-state index in [9.17, 15) is 24.3 Å². The molecule has 51 heavy (non-hydrogen) atoms. The molecule has 2 aliphatic carbocycles. The molecule has 3 heterocycles. The lowest BCUT2D eigenvalue weighted by atomic mass is 9.50. The molecule has 2 aromatic rings. The van der Waals surface area contributed by atoms with Crippen LogP contribution in [0.5, 0.6) is 5.75 Å². The Bertz CT molecular complexity index is 1770. The summed E-state index contributed by atoms with van der Waals surface area (Å²) in [5.74, 6) is -0.292. The van der Waals surface area contributed by atoms with Crippen molar-refractivity contribution in [3.63, 3.8) is 0 Å². The molecule has 1 saturated heterocycles. The van der Waals surface area contributed by atoms with Crippen molar-refractivity contribution in [2.75, 3.05) is 20.1 Å². The quantitative estimate of drug-likeness (QED) is 0.271. The molecular formula is C37H49N5O9. The number of imidazole rings is 1. The smallest absolute Gasteiger partial charge is 0.419 e. The van der Waals surface area contributed by atoms with E-state index in [0.29, 0.717) is 18.5 Å². The fourth-order valence-electron chi connectivity index (χ4n) is 7.92. The van der Waals surface area contributed by atoms with Crippen LogP contribution in [-0.4, -0.2) is 98.7 Å². The predicted octanol–water partition coefficient (Wildman–Crippen LogP) is 3.44. The van der Waals surface area contributed by atoms with Gasteiger partial charge in [0.25, 0.3) is 0 Å². The van der Waals surface area contributed by atoms with Gasteiger partial charge in [-0.3, -0.25) is 4.79 Å². The normalized spacial score (nSPS) is 25.5. The van der Waals surface area contributed by atoms with Gasteiger partial charge in [-0.25, -0.2) is 23.9 Å². The van der Waals surface area contributed by atoms with Crippen molar-refractivity contribution in [3.05, 3.63) is 58.9 Å². The Balaban J connectivity index is 1.24. The Morgan fingerprint density at radius 2 is 1.84 bits per heavy atom. The summed E-state index contributed by atoms with van der Waals surface area (Å²) in [6.07, 6.45) is 3.67. The van der Waals surface area contributed by atoms with E-state index in [4.69, 9.17) is 18.9 Å². The van der Waals surface area contributed by atoms with Gasteiger partial charge < -0.3 is 39.6 Å². The van der Waals surface area contributed by atoms with Gasteiger partial charge in [-0.2, -0.15) is 0 Å². The number of aryl methyl sites for hydroxylation is 1. The van der Waals surface area contributed by atoms with Gasteiger partial charge in [-0.05, 0) is 92.1 Å². The van der Waals surface area contributed by atoms with Crippen LogP contribution in [0.1, 0.15) is 83.2 Å². The maximum atomic E-state index is 14.1. The van der Waals surface area contributed by atoms with Crippen LogP contribution < -0.4 is 15.4 Å². The number of likely N-dealkylation sites (N-methyl/N-ethyl adjacent to an activating group) is 1. The molecule has 3 N–H and O–H groups in total. The van der Waals surface area contributed by atoms with Crippen molar-refractivity contribution in [3.8, 4) is 5.75 Å². The number of nitrogens with zero attached hydrogens (tertiary/aromatic N) is 3. The highest BCUT2D eigenvalue weighted by molar-refractivity contribution is 5.85. The van der Waals surface area contributed by atoms with Crippen molar-refractivity contribution in [2.24, 2.45) is 0 Å². The Labute approximate surface area is 297 Å². The molecule has 14 nitrogen and oxygen atoms in total. The zero-order valence-electron chi connectivity index (χ0n) is 30.6. The molecule has 4 aliphatic rings. The predicted molar refractivity (Wildman–Crippen MR) is 184 cm³/mol. The van der Waals surface area contributed by atoms with Gasteiger partial charge in [0.05, 0.1) is 16.7 Å². The fourth-order valence-corrected chi connectivity index (χ4v) is 7.92. The lowest BCUT2D eigenvalue weighted by Gasteiger charge is -2.61. The van der Waals surface area contributed by atoms with E-state index in [-0.39, 0.29) is 37.6 Å². The average Bonchev–Trinajstić information content (AvgIpc) is 3.63. The van der Waals surface area contributed by atoms with Crippen molar-refractivity contribution >= 4 is 24.1 Å². The summed E-state index contributed by atoms with van der Waals surface area (Å²) in [5, 5.41) is 17.8. The van der Waals surface area contributed by atoms with Crippen LogP contribution in [0.3, 0.4) is 0 Å². The van der Waals surface area contributed by atoms with Gasteiger partial charge >= 0.3 is 18.2 Å².